The Kier molecular flexibility index (Phi) is 2.80. The Morgan fingerprint density at radius 3 is 2.63 bits per heavy atom. The SMILES string of the molecule is O=Cc1ccc2cccc(-c3cccnc3F)c2c1. The van der Waals surface area contributed by atoms with Crippen molar-refractivity contribution >= 4 is 17.1 Å². The fraction of sp³-hybridized carbons (Fsp3) is 0. The van der Waals surface area contributed by atoms with Crippen LogP contribution in [-0.2, 0) is 0 Å². The highest BCUT2D eigenvalue weighted by atomic mass is 19.1. The van der Waals surface area contributed by atoms with E-state index < -0.39 is 5.95 Å². The summed E-state index contributed by atoms with van der Waals surface area (Å²) in [7, 11) is 0. The zero-order valence-corrected chi connectivity index (χ0v) is 10.0. The summed E-state index contributed by atoms with van der Waals surface area (Å²) in [6, 6.07) is 14.4. The first-order valence-electron chi connectivity index (χ1n) is 5.88. The van der Waals surface area contributed by atoms with Crippen molar-refractivity contribution in [3.63, 3.8) is 0 Å². The third-order valence-corrected chi connectivity index (χ3v) is 3.09. The van der Waals surface area contributed by atoms with E-state index >= 15 is 0 Å². The molecule has 0 spiro atoms. The summed E-state index contributed by atoms with van der Waals surface area (Å²) >= 11 is 0. The van der Waals surface area contributed by atoms with E-state index in [1.54, 1.807) is 24.3 Å². The summed E-state index contributed by atoms with van der Waals surface area (Å²) in [5, 5.41) is 1.81. The Morgan fingerprint density at radius 2 is 1.84 bits per heavy atom. The summed E-state index contributed by atoms with van der Waals surface area (Å²) in [5.74, 6) is -0.508. The van der Waals surface area contributed by atoms with Gasteiger partial charge in [0.2, 0.25) is 5.95 Å². The van der Waals surface area contributed by atoms with Crippen LogP contribution in [0.1, 0.15) is 10.4 Å². The number of hydrogen-bond acceptors (Lipinski definition) is 2. The van der Waals surface area contributed by atoms with Gasteiger partial charge in [-0.25, -0.2) is 4.98 Å². The Labute approximate surface area is 109 Å². The van der Waals surface area contributed by atoms with Crippen molar-refractivity contribution in [1.82, 2.24) is 4.98 Å². The van der Waals surface area contributed by atoms with E-state index in [2.05, 4.69) is 4.98 Å². The summed E-state index contributed by atoms with van der Waals surface area (Å²) < 4.78 is 13.8. The monoisotopic (exact) mass is 251 g/mol. The number of carbonyl (C=O) groups excluding carboxylic acids is 1. The molecule has 0 fully saturated rings. The van der Waals surface area contributed by atoms with Crippen LogP contribution >= 0.6 is 0 Å². The van der Waals surface area contributed by atoms with Gasteiger partial charge >= 0.3 is 0 Å². The summed E-state index contributed by atoms with van der Waals surface area (Å²) in [6.07, 6.45) is 2.20. The number of rotatable bonds is 2. The highest BCUT2D eigenvalue weighted by Gasteiger charge is 2.09. The maximum atomic E-state index is 13.8. The van der Waals surface area contributed by atoms with E-state index in [-0.39, 0.29) is 0 Å². The summed E-state index contributed by atoms with van der Waals surface area (Å²) in [4.78, 5) is 14.5. The highest BCUT2D eigenvalue weighted by Crippen LogP contribution is 2.30. The van der Waals surface area contributed by atoms with E-state index in [4.69, 9.17) is 0 Å². The van der Waals surface area contributed by atoms with Gasteiger partial charge in [-0.05, 0) is 34.5 Å². The lowest BCUT2D eigenvalue weighted by Crippen LogP contribution is -1.90. The molecule has 0 amide bonds. The molecule has 0 atom stereocenters. The fourth-order valence-electron chi connectivity index (χ4n) is 2.19. The molecule has 2 aromatic carbocycles. The fourth-order valence-corrected chi connectivity index (χ4v) is 2.19. The van der Waals surface area contributed by atoms with Crippen molar-refractivity contribution in [3.05, 3.63) is 66.2 Å². The highest BCUT2D eigenvalue weighted by molar-refractivity contribution is 5.99. The number of carbonyl (C=O) groups is 1. The minimum Gasteiger partial charge on any atom is -0.298 e. The number of aromatic nitrogens is 1. The maximum Gasteiger partial charge on any atom is 0.220 e. The normalized spacial score (nSPS) is 10.6. The van der Waals surface area contributed by atoms with Crippen molar-refractivity contribution in [1.29, 1.82) is 0 Å². The average molecular weight is 251 g/mol. The predicted molar refractivity (Wildman–Crippen MR) is 72.5 cm³/mol. The first kappa shape index (κ1) is 11.5. The molecule has 0 N–H and O–H groups in total. The third-order valence-electron chi connectivity index (χ3n) is 3.09. The van der Waals surface area contributed by atoms with Crippen molar-refractivity contribution in [2.45, 2.75) is 0 Å². The Bertz CT molecular complexity index is 768. The van der Waals surface area contributed by atoms with Crippen molar-refractivity contribution < 1.29 is 9.18 Å². The summed E-state index contributed by atoms with van der Waals surface area (Å²) in [6.45, 7) is 0. The lowest BCUT2D eigenvalue weighted by atomic mass is 9.98. The Hall–Kier alpha value is -2.55. The standard InChI is InChI=1S/C16H10FNO/c17-16-14(5-2-8-18-16)13-4-1-3-12-7-6-11(10-19)9-15(12)13/h1-10H. The van der Waals surface area contributed by atoms with Gasteiger partial charge in [-0.15, -0.1) is 0 Å². The number of pyridine rings is 1. The lowest BCUT2D eigenvalue weighted by molar-refractivity contribution is 0.112. The topological polar surface area (TPSA) is 30.0 Å². The molecule has 3 heteroatoms. The summed E-state index contributed by atoms with van der Waals surface area (Å²) in [5.41, 5.74) is 1.76. The van der Waals surface area contributed by atoms with Gasteiger partial charge in [0, 0.05) is 17.3 Å². The second-order valence-corrected chi connectivity index (χ2v) is 4.25. The van der Waals surface area contributed by atoms with E-state index in [0.29, 0.717) is 11.1 Å². The molecule has 3 aromatic rings. The zero-order chi connectivity index (χ0) is 13.2. The van der Waals surface area contributed by atoms with Crippen molar-refractivity contribution in [2.75, 3.05) is 0 Å². The average Bonchev–Trinajstić information content (AvgIpc) is 2.47. The van der Waals surface area contributed by atoms with Crippen molar-refractivity contribution in [3.8, 4) is 11.1 Å². The van der Waals surface area contributed by atoms with Crippen LogP contribution in [0.3, 0.4) is 0 Å². The molecule has 92 valence electrons. The number of fused-ring (bicyclic) bond motifs is 1. The van der Waals surface area contributed by atoms with Gasteiger partial charge < -0.3 is 0 Å². The van der Waals surface area contributed by atoms with Crippen LogP contribution in [0.25, 0.3) is 21.9 Å². The maximum absolute atomic E-state index is 13.8. The quantitative estimate of drug-likeness (QED) is 0.511. The molecule has 3 rings (SSSR count). The molecule has 0 saturated heterocycles. The smallest absolute Gasteiger partial charge is 0.220 e. The Morgan fingerprint density at radius 1 is 1.00 bits per heavy atom. The molecule has 1 heterocycles. The van der Waals surface area contributed by atoms with Gasteiger partial charge in [0.1, 0.15) is 6.29 Å². The third kappa shape index (κ3) is 1.99. The molecule has 2 nitrogen and oxygen atoms in total. The Balaban J connectivity index is 2.35. The molecule has 0 saturated carbocycles. The van der Waals surface area contributed by atoms with Crippen LogP contribution in [-0.4, -0.2) is 11.3 Å². The first-order valence-corrected chi connectivity index (χ1v) is 5.88. The van der Waals surface area contributed by atoms with Gasteiger partial charge in [0.25, 0.3) is 0 Å². The van der Waals surface area contributed by atoms with Gasteiger partial charge in [-0.2, -0.15) is 4.39 Å². The zero-order valence-electron chi connectivity index (χ0n) is 10.0. The molecule has 0 aliphatic carbocycles. The molecular weight excluding hydrogens is 241 g/mol. The molecule has 1 aromatic heterocycles. The molecule has 0 aliphatic heterocycles. The molecule has 0 radical (unpaired) electrons. The predicted octanol–water partition coefficient (Wildman–Crippen LogP) is 3.85. The van der Waals surface area contributed by atoms with Crippen LogP contribution in [0, 0.1) is 5.95 Å². The molecule has 0 unspecified atom stereocenters. The largest absolute Gasteiger partial charge is 0.298 e. The minimum atomic E-state index is -0.508. The number of halogens is 1. The number of hydrogen-bond donors (Lipinski definition) is 0. The van der Waals surface area contributed by atoms with Gasteiger partial charge in [-0.1, -0.05) is 30.3 Å². The number of nitrogens with zero attached hydrogens (tertiary/aromatic N) is 1. The molecule has 0 aliphatic rings. The van der Waals surface area contributed by atoms with E-state index in [9.17, 15) is 9.18 Å². The van der Waals surface area contributed by atoms with Gasteiger partial charge in [0.15, 0.2) is 0 Å². The second kappa shape index (κ2) is 4.61. The van der Waals surface area contributed by atoms with Crippen LogP contribution in [0.5, 0.6) is 0 Å². The molecular formula is C16H10FNO. The van der Waals surface area contributed by atoms with Crippen molar-refractivity contribution in [2.24, 2.45) is 0 Å². The van der Waals surface area contributed by atoms with Crippen LogP contribution in [0.15, 0.2) is 54.7 Å². The van der Waals surface area contributed by atoms with E-state index in [1.807, 2.05) is 24.3 Å². The van der Waals surface area contributed by atoms with Gasteiger partial charge in [0.05, 0.1) is 0 Å². The minimum absolute atomic E-state index is 0.441. The number of benzene rings is 2. The van der Waals surface area contributed by atoms with E-state index in [1.165, 1.54) is 6.20 Å². The van der Waals surface area contributed by atoms with Gasteiger partial charge in [-0.3, -0.25) is 4.79 Å². The first-order chi connectivity index (χ1) is 9.29. The molecule has 0 bridgehead atoms. The molecule has 19 heavy (non-hydrogen) atoms. The lowest BCUT2D eigenvalue weighted by Gasteiger charge is -2.07. The van der Waals surface area contributed by atoms with Crippen LogP contribution in [0.2, 0.25) is 0 Å². The van der Waals surface area contributed by atoms with Crippen LogP contribution < -0.4 is 0 Å². The second-order valence-electron chi connectivity index (χ2n) is 4.25. The van der Waals surface area contributed by atoms with E-state index in [0.717, 1.165) is 22.6 Å². The van der Waals surface area contributed by atoms with Crippen LogP contribution in [0.4, 0.5) is 4.39 Å². The number of aldehydes is 1.